The number of amides is 1. The minimum Gasteiger partial charge on any atom is -0.494 e. The quantitative estimate of drug-likeness (QED) is 0.620. The average Bonchev–Trinajstić information content (AvgIpc) is 3.21. The maximum Gasteiger partial charge on any atom is 0.339 e. The third kappa shape index (κ3) is 3.99. The van der Waals surface area contributed by atoms with Crippen LogP contribution in [0.25, 0.3) is 10.9 Å². The first kappa shape index (κ1) is 19.9. The molecule has 30 heavy (non-hydrogen) atoms. The van der Waals surface area contributed by atoms with Crippen molar-refractivity contribution in [2.24, 2.45) is 0 Å². The minimum absolute atomic E-state index is 0.387. The third-order valence-electron chi connectivity index (χ3n) is 5.21. The summed E-state index contributed by atoms with van der Waals surface area (Å²) in [5.41, 5.74) is 3.82. The molecule has 0 spiro atoms. The topological polar surface area (TPSA) is 77.5 Å². The van der Waals surface area contributed by atoms with Gasteiger partial charge in [-0.2, -0.15) is 0 Å². The zero-order chi connectivity index (χ0) is 21.1. The van der Waals surface area contributed by atoms with Crippen molar-refractivity contribution in [1.29, 1.82) is 0 Å². The van der Waals surface area contributed by atoms with Crippen LogP contribution in [0.15, 0.2) is 48.5 Å². The van der Waals surface area contributed by atoms with Gasteiger partial charge in [-0.25, -0.2) is 4.79 Å². The molecule has 6 nitrogen and oxygen atoms in total. The lowest BCUT2D eigenvalue weighted by molar-refractivity contribution is -0.123. The zero-order valence-corrected chi connectivity index (χ0v) is 17.1. The summed E-state index contributed by atoms with van der Waals surface area (Å²) >= 11 is 0. The minimum atomic E-state index is -0.937. The van der Waals surface area contributed by atoms with E-state index in [1.807, 2.05) is 31.2 Å². The molecule has 1 atom stereocenters. The Kier molecular flexibility index (Phi) is 5.65. The van der Waals surface area contributed by atoms with Crippen LogP contribution in [0.4, 0.5) is 5.69 Å². The van der Waals surface area contributed by atoms with Gasteiger partial charge in [0.2, 0.25) is 0 Å². The summed E-state index contributed by atoms with van der Waals surface area (Å²) in [4.78, 5) is 30.3. The number of fused-ring (bicyclic) bond motifs is 2. The maximum absolute atomic E-state index is 13.1. The van der Waals surface area contributed by atoms with E-state index >= 15 is 0 Å². The van der Waals surface area contributed by atoms with Crippen molar-refractivity contribution in [3.8, 4) is 5.75 Å². The lowest BCUT2D eigenvalue weighted by atomic mass is 10.0. The van der Waals surface area contributed by atoms with Gasteiger partial charge in [-0.1, -0.05) is 18.2 Å². The number of hydrogen-bond donors (Lipinski definition) is 1. The van der Waals surface area contributed by atoms with Crippen molar-refractivity contribution in [2.75, 3.05) is 11.9 Å². The number of nitrogens with zero attached hydrogens (tertiary/aromatic N) is 1. The molecule has 0 radical (unpaired) electrons. The lowest BCUT2D eigenvalue weighted by Crippen LogP contribution is -2.30. The molecule has 1 heterocycles. The molecule has 0 saturated carbocycles. The Morgan fingerprint density at radius 2 is 1.87 bits per heavy atom. The van der Waals surface area contributed by atoms with Gasteiger partial charge in [-0.3, -0.25) is 9.78 Å². The van der Waals surface area contributed by atoms with Gasteiger partial charge in [0.1, 0.15) is 5.75 Å². The van der Waals surface area contributed by atoms with Crippen LogP contribution in [-0.2, 0) is 22.4 Å². The molecule has 2 aromatic carbocycles. The number of pyridine rings is 1. The molecule has 1 aromatic heterocycles. The number of ether oxygens (including phenoxy) is 2. The number of rotatable bonds is 6. The Morgan fingerprint density at radius 3 is 2.63 bits per heavy atom. The van der Waals surface area contributed by atoms with E-state index in [2.05, 4.69) is 5.32 Å². The van der Waals surface area contributed by atoms with E-state index in [-0.39, 0.29) is 5.91 Å². The molecule has 1 aliphatic carbocycles. The van der Waals surface area contributed by atoms with Gasteiger partial charge in [0.25, 0.3) is 5.91 Å². The van der Waals surface area contributed by atoms with Crippen LogP contribution in [0.1, 0.15) is 41.9 Å². The smallest absolute Gasteiger partial charge is 0.339 e. The molecule has 0 saturated heterocycles. The number of esters is 1. The molecule has 0 fully saturated rings. The fourth-order valence-electron chi connectivity index (χ4n) is 3.76. The Hall–Kier alpha value is -3.41. The SMILES string of the molecule is CCOc1ccc(NC(=O)[C@H](C)OC(=O)c2c3c(nc4ccccc24)CCC3)cc1. The number of benzene rings is 2. The molecule has 6 heteroatoms. The van der Waals surface area contributed by atoms with E-state index in [4.69, 9.17) is 14.5 Å². The van der Waals surface area contributed by atoms with Crippen molar-refractivity contribution in [3.63, 3.8) is 0 Å². The summed E-state index contributed by atoms with van der Waals surface area (Å²) in [6.07, 6.45) is 1.68. The number of aryl methyl sites for hydroxylation is 1. The number of para-hydroxylation sites is 1. The van der Waals surface area contributed by atoms with Crippen LogP contribution in [0.2, 0.25) is 0 Å². The van der Waals surface area contributed by atoms with Crippen molar-refractivity contribution < 1.29 is 19.1 Å². The molecule has 1 aliphatic rings. The second kappa shape index (κ2) is 8.53. The highest BCUT2D eigenvalue weighted by atomic mass is 16.5. The van der Waals surface area contributed by atoms with Crippen LogP contribution < -0.4 is 10.1 Å². The van der Waals surface area contributed by atoms with E-state index in [1.54, 1.807) is 31.2 Å². The van der Waals surface area contributed by atoms with E-state index in [9.17, 15) is 9.59 Å². The predicted molar refractivity (Wildman–Crippen MR) is 115 cm³/mol. The molecule has 0 bridgehead atoms. The van der Waals surface area contributed by atoms with Crippen LogP contribution in [0, 0.1) is 0 Å². The third-order valence-corrected chi connectivity index (χ3v) is 5.21. The van der Waals surface area contributed by atoms with E-state index in [0.29, 0.717) is 17.9 Å². The molecular formula is C24H24N2O4. The molecule has 154 valence electrons. The summed E-state index contributed by atoms with van der Waals surface area (Å²) in [6, 6.07) is 14.6. The van der Waals surface area contributed by atoms with Crippen molar-refractivity contribution in [3.05, 3.63) is 65.4 Å². The summed E-state index contributed by atoms with van der Waals surface area (Å²) in [7, 11) is 0. The standard InChI is InChI=1S/C24H24N2O4/c1-3-29-17-13-11-16(12-14-17)25-23(27)15(2)30-24(28)22-18-7-4-5-9-20(18)26-21-10-6-8-19(21)22/h4-5,7,9,11-15H,3,6,8,10H2,1-2H3,(H,25,27)/t15-/m0/s1. The summed E-state index contributed by atoms with van der Waals surface area (Å²) in [6.45, 7) is 4.06. The Bertz CT molecular complexity index is 1090. The molecule has 1 N–H and O–H groups in total. The van der Waals surface area contributed by atoms with E-state index < -0.39 is 12.1 Å². The van der Waals surface area contributed by atoms with Gasteiger partial charge in [-0.15, -0.1) is 0 Å². The maximum atomic E-state index is 13.1. The number of aromatic nitrogens is 1. The first-order valence-electron chi connectivity index (χ1n) is 10.2. The molecule has 0 aliphatic heterocycles. The fourth-order valence-corrected chi connectivity index (χ4v) is 3.76. The van der Waals surface area contributed by atoms with Gasteiger partial charge in [0.05, 0.1) is 17.7 Å². The number of hydrogen-bond acceptors (Lipinski definition) is 5. The highest BCUT2D eigenvalue weighted by Gasteiger charge is 2.27. The van der Waals surface area contributed by atoms with Crippen LogP contribution in [-0.4, -0.2) is 29.6 Å². The van der Waals surface area contributed by atoms with Gasteiger partial charge < -0.3 is 14.8 Å². The molecule has 1 amide bonds. The van der Waals surface area contributed by atoms with Gasteiger partial charge in [0.15, 0.2) is 6.10 Å². The van der Waals surface area contributed by atoms with E-state index in [0.717, 1.165) is 47.2 Å². The van der Waals surface area contributed by atoms with Gasteiger partial charge >= 0.3 is 5.97 Å². The summed E-state index contributed by atoms with van der Waals surface area (Å²) in [5.74, 6) is -0.142. The number of carbonyl (C=O) groups is 2. The highest BCUT2D eigenvalue weighted by molar-refractivity contribution is 6.06. The number of carbonyl (C=O) groups excluding carboxylic acids is 2. The fraction of sp³-hybridized carbons (Fsp3) is 0.292. The zero-order valence-electron chi connectivity index (χ0n) is 17.1. The van der Waals surface area contributed by atoms with Gasteiger partial charge in [-0.05, 0) is 69.0 Å². The largest absolute Gasteiger partial charge is 0.494 e. The van der Waals surface area contributed by atoms with Crippen LogP contribution >= 0.6 is 0 Å². The number of anilines is 1. The normalized spacial score (nSPS) is 13.5. The van der Waals surface area contributed by atoms with Crippen molar-refractivity contribution in [2.45, 2.75) is 39.2 Å². The molecule has 4 rings (SSSR count). The predicted octanol–water partition coefficient (Wildman–Crippen LogP) is 4.31. The Balaban J connectivity index is 1.50. The summed E-state index contributed by atoms with van der Waals surface area (Å²) in [5, 5.41) is 3.54. The van der Waals surface area contributed by atoms with E-state index in [1.165, 1.54) is 0 Å². The highest BCUT2D eigenvalue weighted by Crippen LogP contribution is 2.30. The first-order chi connectivity index (χ1) is 14.6. The second-order valence-electron chi connectivity index (χ2n) is 7.28. The summed E-state index contributed by atoms with van der Waals surface area (Å²) < 4.78 is 11.0. The average molecular weight is 404 g/mol. The van der Waals surface area contributed by atoms with Crippen LogP contribution in [0.5, 0.6) is 5.75 Å². The second-order valence-corrected chi connectivity index (χ2v) is 7.28. The van der Waals surface area contributed by atoms with Crippen LogP contribution in [0.3, 0.4) is 0 Å². The lowest BCUT2D eigenvalue weighted by Gasteiger charge is -2.16. The van der Waals surface area contributed by atoms with Gasteiger partial charge in [0, 0.05) is 16.8 Å². The molecule has 0 unspecified atom stereocenters. The monoisotopic (exact) mass is 404 g/mol. The first-order valence-corrected chi connectivity index (χ1v) is 10.2. The molecule has 3 aromatic rings. The van der Waals surface area contributed by atoms with Crippen molar-refractivity contribution >= 4 is 28.5 Å². The Morgan fingerprint density at radius 1 is 1.10 bits per heavy atom. The molecular weight excluding hydrogens is 380 g/mol. The number of nitrogens with one attached hydrogen (secondary N) is 1. The van der Waals surface area contributed by atoms with Crippen molar-refractivity contribution in [1.82, 2.24) is 4.98 Å². The Labute approximate surface area is 175 Å².